The Hall–Kier alpha value is -2.75. The van der Waals surface area contributed by atoms with Gasteiger partial charge in [-0.25, -0.2) is 0 Å². The number of benzene rings is 2. The lowest BCUT2D eigenvalue weighted by Crippen LogP contribution is -2.25. The minimum Gasteiger partial charge on any atom is -0.344 e. The van der Waals surface area contributed by atoms with Gasteiger partial charge in [-0.05, 0) is 29.8 Å². The van der Waals surface area contributed by atoms with Gasteiger partial charge in [0.05, 0.1) is 12.3 Å². The average Bonchev–Trinajstić information content (AvgIpc) is 3.08. The van der Waals surface area contributed by atoms with Gasteiger partial charge in [0.2, 0.25) is 5.91 Å². The molecule has 0 radical (unpaired) electrons. The van der Waals surface area contributed by atoms with Crippen molar-refractivity contribution in [3.63, 3.8) is 0 Å². The van der Waals surface area contributed by atoms with E-state index >= 15 is 0 Å². The molecule has 136 valence electrons. The van der Waals surface area contributed by atoms with E-state index in [1.807, 2.05) is 59.2 Å². The van der Waals surface area contributed by atoms with Gasteiger partial charge in [-0.3, -0.25) is 9.36 Å². The van der Waals surface area contributed by atoms with Crippen molar-refractivity contribution in [1.29, 1.82) is 0 Å². The molecule has 0 saturated carbocycles. The lowest BCUT2D eigenvalue weighted by Gasteiger charge is -2.10. The summed E-state index contributed by atoms with van der Waals surface area (Å²) in [6.45, 7) is 0.211. The number of carbonyl (C=O) groups excluding carboxylic acids is 1. The Morgan fingerprint density at radius 2 is 1.89 bits per heavy atom. The molecule has 0 fully saturated rings. The number of hydrogen-bond donors (Lipinski definition) is 1. The van der Waals surface area contributed by atoms with Gasteiger partial charge in [0.1, 0.15) is 5.82 Å². The Kier molecular flexibility index (Phi) is 6.53. The molecule has 27 heavy (non-hydrogen) atoms. The second kappa shape index (κ2) is 9.26. The molecule has 0 aliphatic rings. The SMILES string of the molecule is C#CCNC(=O)CSc1nnc(Cc2ccccc2)n1-c1ccc(Cl)cc1. The molecule has 1 heterocycles. The maximum atomic E-state index is 11.9. The molecular weight excluding hydrogens is 380 g/mol. The van der Waals surface area contributed by atoms with Gasteiger partial charge in [0.25, 0.3) is 0 Å². The Morgan fingerprint density at radius 3 is 2.59 bits per heavy atom. The Labute approximate surface area is 167 Å². The van der Waals surface area contributed by atoms with Crippen LogP contribution < -0.4 is 5.32 Å². The molecule has 5 nitrogen and oxygen atoms in total. The largest absolute Gasteiger partial charge is 0.344 e. The van der Waals surface area contributed by atoms with Crippen LogP contribution in [0, 0.1) is 12.3 Å². The minimum absolute atomic E-state index is 0.145. The van der Waals surface area contributed by atoms with Crippen LogP contribution in [0.4, 0.5) is 0 Å². The van der Waals surface area contributed by atoms with Crippen LogP contribution in [0.1, 0.15) is 11.4 Å². The molecule has 0 aliphatic heterocycles. The second-order valence-electron chi connectivity index (χ2n) is 5.64. The number of hydrogen-bond acceptors (Lipinski definition) is 4. The van der Waals surface area contributed by atoms with Crippen LogP contribution in [0.2, 0.25) is 5.02 Å². The number of carbonyl (C=O) groups is 1. The van der Waals surface area contributed by atoms with Crippen molar-refractivity contribution >= 4 is 29.3 Å². The quantitative estimate of drug-likeness (QED) is 0.491. The van der Waals surface area contributed by atoms with Crippen LogP contribution in [-0.4, -0.2) is 33.0 Å². The molecule has 3 rings (SSSR count). The van der Waals surface area contributed by atoms with Crippen molar-refractivity contribution < 1.29 is 4.79 Å². The predicted molar refractivity (Wildman–Crippen MR) is 108 cm³/mol. The summed E-state index contributed by atoms with van der Waals surface area (Å²) in [6, 6.07) is 17.5. The summed E-state index contributed by atoms with van der Waals surface area (Å²) >= 11 is 7.33. The molecular formula is C20H17ClN4OS. The summed E-state index contributed by atoms with van der Waals surface area (Å²) in [5.74, 6) is 3.23. The van der Waals surface area contributed by atoms with Gasteiger partial charge in [0, 0.05) is 17.1 Å². The smallest absolute Gasteiger partial charge is 0.231 e. The van der Waals surface area contributed by atoms with Crippen molar-refractivity contribution in [1.82, 2.24) is 20.1 Å². The fourth-order valence-corrected chi connectivity index (χ4v) is 3.39. The Bertz CT molecular complexity index is 948. The van der Waals surface area contributed by atoms with Crippen LogP contribution in [0.25, 0.3) is 5.69 Å². The third-order valence-corrected chi connectivity index (χ3v) is 4.89. The lowest BCUT2D eigenvalue weighted by molar-refractivity contribution is -0.118. The number of aromatic nitrogens is 3. The van der Waals surface area contributed by atoms with E-state index in [9.17, 15) is 4.79 Å². The monoisotopic (exact) mass is 396 g/mol. The van der Waals surface area contributed by atoms with Crippen LogP contribution in [0.15, 0.2) is 59.8 Å². The Balaban J connectivity index is 1.87. The van der Waals surface area contributed by atoms with E-state index in [1.165, 1.54) is 11.8 Å². The highest BCUT2D eigenvalue weighted by molar-refractivity contribution is 7.99. The van der Waals surface area contributed by atoms with Gasteiger partial charge in [-0.1, -0.05) is 59.6 Å². The van der Waals surface area contributed by atoms with Crippen molar-refractivity contribution in [3.8, 4) is 18.0 Å². The third kappa shape index (κ3) is 5.13. The topological polar surface area (TPSA) is 59.8 Å². The van der Waals surface area contributed by atoms with Gasteiger partial charge in [-0.15, -0.1) is 16.6 Å². The maximum Gasteiger partial charge on any atom is 0.231 e. The first-order valence-electron chi connectivity index (χ1n) is 8.24. The number of rotatable bonds is 7. The van der Waals surface area contributed by atoms with Gasteiger partial charge in [0.15, 0.2) is 5.16 Å². The van der Waals surface area contributed by atoms with Gasteiger partial charge in [-0.2, -0.15) is 0 Å². The highest BCUT2D eigenvalue weighted by atomic mass is 35.5. The van der Waals surface area contributed by atoms with E-state index in [2.05, 4.69) is 21.4 Å². The van der Waals surface area contributed by atoms with Crippen LogP contribution in [-0.2, 0) is 11.2 Å². The number of amides is 1. The molecule has 0 spiro atoms. The molecule has 1 amide bonds. The number of thioether (sulfide) groups is 1. The lowest BCUT2D eigenvalue weighted by atomic mass is 10.1. The fourth-order valence-electron chi connectivity index (χ4n) is 2.47. The molecule has 0 atom stereocenters. The zero-order valence-electron chi connectivity index (χ0n) is 14.4. The van der Waals surface area contributed by atoms with Crippen LogP contribution >= 0.6 is 23.4 Å². The van der Waals surface area contributed by atoms with E-state index in [1.54, 1.807) is 0 Å². The summed E-state index contributed by atoms with van der Waals surface area (Å²) in [5.41, 5.74) is 2.02. The molecule has 1 N–H and O–H groups in total. The molecule has 0 unspecified atom stereocenters. The van der Waals surface area contributed by atoms with Crippen molar-refractivity contribution in [2.45, 2.75) is 11.6 Å². The maximum absolute atomic E-state index is 11.9. The van der Waals surface area contributed by atoms with Crippen molar-refractivity contribution in [2.75, 3.05) is 12.3 Å². The zero-order chi connectivity index (χ0) is 19.1. The van der Waals surface area contributed by atoms with Gasteiger partial charge < -0.3 is 5.32 Å². The predicted octanol–water partition coefficient (Wildman–Crippen LogP) is 3.35. The van der Waals surface area contributed by atoms with Crippen molar-refractivity contribution in [2.24, 2.45) is 0 Å². The highest BCUT2D eigenvalue weighted by Gasteiger charge is 2.16. The molecule has 0 aliphatic carbocycles. The number of nitrogens with zero attached hydrogens (tertiary/aromatic N) is 3. The summed E-state index contributed by atoms with van der Waals surface area (Å²) in [7, 11) is 0. The zero-order valence-corrected chi connectivity index (χ0v) is 16.0. The molecule has 1 aromatic heterocycles. The molecule has 3 aromatic rings. The first-order valence-corrected chi connectivity index (χ1v) is 9.61. The molecule has 0 saturated heterocycles. The van der Waals surface area contributed by atoms with Crippen LogP contribution in [0.3, 0.4) is 0 Å². The van der Waals surface area contributed by atoms with E-state index < -0.39 is 0 Å². The summed E-state index contributed by atoms with van der Waals surface area (Å²) in [6.07, 6.45) is 5.79. The number of halogens is 1. The number of terminal acetylenes is 1. The molecule has 7 heteroatoms. The average molecular weight is 397 g/mol. The molecule has 0 bridgehead atoms. The first kappa shape index (κ1) is 19.0. The normalized spacial score (nSPS) is 10.4. The van der Waals surface area contributed by atoms with E-state index in [0.29, 0.717) is 16.6 Å². The fraction of sp³-hybridized carbons (Fsp3) is 0.150. The third-order valence-electron chi connectivity index (χ3n) is 3.71. The van der Waals surface area contributed by atoms with E-state index in [4.69, 9.17) is 18.0 Å². The molecule has 2 aromatic carbocycles. The number of nitrogens with one attached hydrogen (secondary N) is 1. The summed E-state index contributed by atoms with van der Waals surface area (Å²) < 4.78 is 1.95. The van der Waals surface area contributed by atoms with Crippen molar-refractivity contribution in [3.05, 3.63) is 71.0 Å². The summed E-state index contributed by atoms with van der Waals surface area (Å²) in [5, 5.41) is 12.6. The standard InChI is InChI=1S/C20H17ClN4OS/c1-2-12-22-19(26)14-27-20-24-23-18(13-15-6-4-3-5-7-15)25(20)17-10-8-16(21)9-11-17/h1,3-11H,12-14H2,(H,22,26). The minimum atomic E-state index is -0.145. The van der Waals surface area contributed by atoms with Gasteiger partial charge >= 0.3 is 0 Å². The Morgan fingerprint density at radius 1 is 1.15 bits per heavy atom. The first-order chi connectivity index (χ1) is 13.2. The van der Waals surface area contributed by atoms with Crippen LogP contribution in [0.5, 0.6) is 0 Å². The highest BCUT2D eigenvalue weighted by Crippen LogP contribution is 2.24. The van der Waals surface area contributed by atoms with E-state index in [-0.39, 0.29) is 18.2 Å². The second-order valence-corrected chi connectivity index (χ2v) is 7.02. The summed E-state index contributed by atoms with van der Waals surface area (Å²) in [4.78, 5) is 11.9. The van der Waals surface area contributed by atoms with E-state index in [0.717, 1.165) is 17.1 Å².